The Morgan fingerprint density at radius 1 is 1.15 bits per heavy atom. The van der Waals surface area contributed by atoms with E-state index in [-0.39, 0.29) is 30.2 Å². The average Bonchev–Trinajstić information content (AvgIpc) is 3.18. The van der Waals surface area contributed by atoms with E-state index in [1.165, 1.54) is 18.6 Å². The molecule has 1 aliphatic carbocycles. The summed E-state index contributed by atoms with van der Waals surface area (Å²) in [6.07, 6.45) is 4.33. The number of carbonyl (C=O) groups is 2. The van der Waals surface area contributed by atoms with Crippen molar-refractivity contribution < 1.29 is 14.0 Å². The van der Waals surface area contributed by atoms with Crippen LogP contribution in [-0.4, -0.2) is 37.8 Å². The van der Waals surface area contributed by atoms with Gasteiger partial charge in [-0.25, -0.2) is 9.37 Å². The highest BCUT2D eigenvalue weighted by atomic mass is 19.1. The van der Waals surface area contributed by atoms with Crippen molar-refractivity contribution in [2.24, 2.45) is 5.92 Å². The first-order valence-corrected chi connectivity index (χ1v) is 11.7. The van der Waals surface area contributed by atoms with Crippen molar-refractivity contribution in [3.8, 4) is 0 Å². The number of aromatic nitrogens is 2. The number of rotatable bonds is 4. The van der Waals surface area contributed by atoms with Gasteiger partial charge in [-0.1, -0.05) is 44.0 Å². The van der Waals surface area contributed by atoms with Crippen LogP contribution in [0, 0.1) is 11.7 Å². The highest BCUT2D eigenvalue weighted by molar-refractivity contribution is 6.01. The fraction of sp³-hybridized carbons (Fsp3) is 0.423. The number of carbonyl (C=O) groups excluding carboxylic acids is 2. The van der Waals surface area contributed by atoms with Crippen molar-refractivity contribution in [1.82, 2.24) is 19.8 Å². The number of para-hydroxylation sites is 2. The van der Waals surface area contributed by atoms with Gasteiger partial charge in [-0.15, -0.1) is 0 Å². The lowest BCUT2D eigenvalue weighted by Gasteiger charge is -2.44. The summed E-state index contributed by atoms with van der Waals surface area (Å²) in [5.41, 5.74) is 1.22. The van der Waals surface area contributed by atoms with Crippen LogP contribution in [0.25, 0.3) is 11.0 Å². The van der Waals surface area contributed by atoms with Crippen molar-refractivity contribution in [2.75, 3.05) is 0 Å². The Kier molecular flexibility index (Phi) is 5.43. The van der Waals surface area contributed by atoms with Gasteiger partial charge in [0.25, 0.3) is 5.91 Å². The number of hydrogen-bond donors (Lipinski definition) is 1. The third kappa shape index (κ3) is 3.79. The Morgan fingerprint density at radius 3 is 2.64 bits per heavy atom. The Labute approximate surface area is 192 Å². The Morgan fingerprint density at radius 2 is 1.88 bits per heavy atom. The van der Waals surface area contributed by atoms with Crippen LogP contribution in [0.15, 0.2) is 48.5 Å². The lowest BCUT2D eigenvalue weighted by Crippen LogP contribution is -2.65. The number of benzene rings is 2. The van der Waals surface area contributed by atoms with Gasteiger partial charge < -0.3 is 14.8 Å². The topological polar surface area (TPSA) is 67.2 Å². The first-order chi connectivity index (χ1) is 15.9. The van der Waals surface area contributed by atoms with Gasteiger partial charge in [-0.3, -0.25) is 9.59 Å². The second-order valence-electron chi connectivity index (χ2n) is 9.64. The first-order valence-electron chi connectivity index (χ1n) is 11.7. The van der Waals surface area contributed by atoms with Gasteiger partial charge in [0.1, 0.15) is 11.4 Å². The van der Waals surface area contributed by atoms with E-state index in [2.05, 4.69) is 17.2 Å². The minimum atomic E-state index is -1.11. The molecule has 1 saturated carbocycles. The molecule has 2 aromatic carbocycles. The molecule has 3 atom stereocenters. The molecule has 33 heavy (non-hydrogen) atoms. The highest BCUT2D eigenvalue weighted by Crippen LogP contribution is 2.33. The summed E-state index contributed by atoms with van der Waals surface area (Å²) in [7, 11) is 0. The maximum absolute atomic E-state index is 13.8. The molecular formula is C26H29FN4O2. The molecular weight excluding hydrogens is 419 g/mol. The van der Waals surface area contributed by atoms with Gasteiger partial charge in [-0.2, -0.15) is 0 Å². The van der Waals surface area contributed by atoms with E-state index in [4.69, 9.17) is 0 Å². The zero-order chi connectivity index (χ0) is 23.2. The third-order valence-electron chi connectivity index (χ3n) is 7.32. The summed E-state index contributed by atoms with van der Waals surface area (Å²) in [4.78, 5) is 33.7. The minimum Gasteiger partial charge on any atom is -0.351 e. The molecule has 7 heteroatoms. The number of fused-ring (bicyclic) bond motifs is 3. The van der Waals surface area contributed by atoms with Crippen LogP contribution in [0.2, 0.25) is 0 Å². The molecule has 0 spiro atoms. The van der Waals surface area contributed by atoms with Gasteiger partial charge in [0, 0.05) is 12.6 Å². The summed E-state index contributed by atoms with van der Waals surface area (Å²) in [6.45, 7) is 4.51. The molecule has 0 bridgehead atoms. The lowest BCUT2D eigenvalue weighted by molar-refractivity contribution is -0.134. The smallest absolute Gasteiger partial charge is 0.291 e. The molecule has 2 aliphatic rings. The molecule has 1 fully saturated rings. The predicted molar refractivity (Wildman–Crippen MR) is 124 cm³/mol. The molecule has 2 heterocycles. The normalized spacial score (nSPS) is 25.2. The third-order valence-corrected chi connectivity index (χ3v) is 7.32. The van der Waals surface area contributed by atoms with Crippen LogP contribution in [-0.2, 0) is 17.9 Å². The number of amides is 2. The van der Waals surface area contributed by atoms with E-state index in [0.717, 1.165) is 35.9 Å². The molecule has 6 nitrogen and oxygen atoms in total. The van der Waals surface area contributed by atoms with Crippen molar-refractivity contribution in [3.05, 3.63) is 65.7 Å². The monoisotopic (exact) mass is 448 g/mol. The van der Waals surface area contributed by atoms with E-state index in [0.29, 0.717) is 18.3 Å². The highest BCUT2D eigenvalue weighted by Gasteiger charge is 2.49. The van der Waals surface area contributed by atoms with Crippen LogP contribution < -0.4 is 5.32 Å². The molecule has 1 aromatic heterocycles. The SMILES string of the molecule is C[C@@H]1CCCC[C@@H]1NC(=O)[C@]1(C)Cn2c(nc3ccccc32)C(=O)N1Cc1ccc(F)cc1. The first kappa shape index (κ1) is 21.6. The molecule has 3 aromatic rings. The standard InChI is InChI=1S/C26H29FN4O2/c1-17-7-3-4-8-20(17)29-25(33)26(2)16-30-22-10-6-5-9-21(22)28-23(30)24(32)31(26)15-18-11-13-19(27)14-12-18/h5-6,9-14,17,20H,3-4,7-8,15-16H2,1-2H3,(H,29,33)/t17-,20+,26+/m1/s1. The molecule has 0 radical (unpaired) electrons. The summed E-state index contributed by atoms with van der Waals surface area (Å²) >= 11 is 0. The fourth-order valence-corrected chi connectivity index (χ4v) is 5.20. The van der Waals surface area contributed by atoms with E-state index < -0.39 is 5.54 Å². The van der Waals surface area contributed by atoms with Crippen LogP contribution in [0.3, 0.4) is 0 Å². The Bertz CT molecular complexity index is 1200. The second-order valence-corrected chi connectivity index (χ2v) is 9.64. The van der Waals surface area contributed by atoms with Gasteiger partial charge in [0.15, 0.2) is 5.82 Å². The van der Waals surface area contributed by atoms with Crippen molar-refractivity contribution >= 4 is 22.8 Å². The largest absolute Gasteiger partial charge is 0.351 e. The van der Waals surface area contributed by atoms with Crippen LogP contribution in [0.1, 0.15) is 55.7 Å². The van der Waals surface area contributed by atoms with Crippen LogP contribution in [0.4, 0.5) is 4.39 Å². The summed E-state index contributed by atoms with van der Waals surface area (Å²) in [6, 6.07) is 13.8. The second kappa shape index (κ2) is 8.28. The summed E-state index contributed by atoms with van der Waals surface area (Å²) in [5.74, 6) is -0.0519. The van der Waals surface area contributed by atoms with Gasteiger partial charge in [0.05, 0.1) is 17.6 Å². The number of imidazole rings is 1. The van der Waals surface area contributed by atoms with Crippen molar-refractivity contribution in [1.29, 1.82) is 0 Å². The predicted octanol–water partition coefficient (Wildman–Crippen LogP) is 4.29. The summed E-state index contributed by atoms with van der Waals surface area (Å²) in [5, 5.41) is 3.27. The molecule has 1 aliphatic heterocycles. The zero-order valence-electron chi connectivity index (χ0n) is 19.1. The van der Waals surface area contributed by atoms with Gasteiger partial charge >= 0.3 is 0 Å². The van der Waals surface area contributed by atoms with Crippen LogP contribution in [0.5, 0.6) is 0 Å². The minimum absolute atomic E-state index is 0.103. The number of hydrogen-bond acceptors (Lipinski definition) is 3. The molecule has 0 unspecified atom stereocenters. The molecule has 5 rings (SSSR count). The number of nitrogens with one attached hydrogen (secondary N) is 1. The zero-order valence-corrected chi connectivity index (χ0v) is 19.1. The Hall–Kier alpha value is -3.22. The molecule has 2 amide bonds. The Balaban J connectivity index is 1.54. The average molecular weight is 449 g/mol. The maximum Gasteiger partial charge on any atom is 0.291 e. The van der Waals surface area contributed by atoms with E-state index in [1.54, 1.807) is 17.0 Å². The molecule has 172 valence electrons. The molecule has 0 saturated heterocycles. The number of halogens is 1. The van der Waals surface area contributed by atoms with Crippen molar-refractivity contribution in [2.45, 2.75) is 64.2 Å². The lowest BCUT2D eigenvalue weighted by atomic mass is 9.85. The van der Waals surface area contributed by atoms with Crippen LogP contribution >= 0.6 is 0 Å². The fourth-order valence-electron chi connectivity index (χ4n) is 5.20. The van der Waals surface area contributed by atoms with E-state index in [9.17, 15) is 14.0 Å². The van der Waals surface area contributed by atoms with E-state index in [1.807, 2.05) is 35.8 Å². The van der Waals surface area contributed by atoms with Gasteiger partial charge in [-0.05, 0) is 55.5 Å². The summed E-state index contributed by atoms with van der Waals surface area (Å²) < 4.78 is 15.3. The number of nitrogens with zero attached hydrogens (tertiary/aromatic N) is 3. The van der Waals surface area contributed by atoms with Gasteiger partial charge in [0.2, 0.25) is 5.91 Å². The molecule has 1 N–H and O–H groups in total. The van der Waals surface area contributed by atoms with E-state index >= 15 is 0 Å². The maximum atomic E-state index is 13.8. The van der Waals surface area contributed by atoms with Crippen molar-refractivity contribution in [3.63, 3.8) is 0 Å². The quantitative estimate of drug-likeness (QED) is 0.648.